The van der Waals surface area contributed by atoms with E-state index < -0.39 is 0 Å². The number of aryl methyl sites for hydroxylation is 1. The molecular weight excluding hydrogens is 290 g/mol. The first-order valence-corrected chi connectivity index (χ1v) is 8.18. The Morgan fingerprint density at radius 3 is 2.70 bits per heavy atom. The van der Waals surface area contributed by atoms with Gasteiger partial charge < -0.3 is 9.73 Å². The van der Waals surface area contributed by atoms with Gasteiger partial charge in [-0.15, -0.1) is 0 Å². The van der Waals surface area contributed by atoms with Crippen molar-refractivity contribution in [3.8, 4) is 0 Å². The van der Waals surface area contributed by atoms with Gasteiger partial charge in [-0.05, 0) is 32.3 Å². The summed E-state index contributed by atoms with van der Waals surface area (Å²) in [5.74, 6) is 0.421. The highest BCUT2D eigenvalue weighted by Gasteiger charge is 2.30. The molecule has 2 aromatic rings. The van der Waals surface area contributed by atoms with Crippen molar-refractivity contribution in [1.29, 1.82) is 0 Å². The van der Waals surface area contributed by atoms with Crippen LogP contribution in [0, 0.1) is 6.92 Å². The highest BCUT2D eigenvalue weighted by atomic mass is 16.3. The molecule has 1 N–H and O–H groups in total. The monoisotopic (exact) mass is 313 g/mol. The summed E-state index contributed by atoms with van der Waals surface area (Å²) >= 11 is 0. The normalized spacial score (nSPS) is 14.2. The van der Waals surface area contributed by atoms with E-state index in [0.29, 0.717) is 30.7 Å². The Balaban J connectivity index is 1.65. The van der Waals surface area contributed by atoms with Crippen LogP contribution in [-0.4, -0.2) is 28.4 Å². The maximum absolute atomic E-state index is 11.8. The van der Waals surface area contributed by atoms with Crippen LogP contribution in [0.25, 0.3) is 0 Å². The van der Waals surface area contributed by atoms with Gasteiger partial charge in [0.2, 0.25) is 5.89 Å². The minimum Gasteiger partial charge on any atom is -0.447 e. The molecule has 5 heteroatoms. The zero-order valence-electron chi connectivity index (χ0n) is 13.7. The van der Waals surface area contributed by atoms with Crippen LogP contribution in [0.3, 0.4) is 0 Å². The quantitative estimate of drug-likeness (QED) is 0.854. The molecule has 0 aliphatic heterocycles. The highest BCUT2D eigenvalue weighted by molar-refractivity contribution is 5.91. The SMILES string of the molecule is CCNC(=O)c1coc(CN(Cc2ccc(C)cc2)C2CC2)n1. The molecule has 0 atom stereocenters. The van der Waals surface area contributed by atoms with Crippen LogP contribution in [0.5, 0.6) is 0 Å². The number of nitrogens with one attached hydrogen (secondary N) is 1. The van der Waals surface area contributed by atoms with Crippen LogP contribution in [0.15, 0.2) is 34.9 Å². The summed E-state index contributed by atoms with van der Waals surface area (Å²) in [7, 11) is 0. The van der Waals surface area contributed by atoms with E-state index in [1.165, 1.54) is 30.2 Å². The summed E-state index contributed by atoms with van der Waals surface area (Å²) in [6.45, 7) is 6.08. The lowest BCUT2D eigenvalue weighted by Gasteiger charge is -2.20. The van der Waals surface area contributed by atoms with Gasteiger partial charge in [-0.25, -0.2) is 4.98 Å². The maximum Gasteiger partial charge on any atom is 0.273 e. The smallest absolute Gasteiger partial charge is 0.273 e. The lowest BCUT2D eigenvalue weighted by molar-refractivity contribution is 0.0950. The molecule has 122 valence electrons. The molecule has 1 fully saturated rings. The van der Waals surface area contributed by atoms with Gasteiger partial charge in [0.15, 0.2) is 5.69 Å². The molecule has 23 heavy (non-hydrogen) atoms. The van der Waals surface area contributed by atoms with Crippen molar-refractivity contribution in [2.75, 3.05) is 6.54 Å². The number of oxazole rings is 1. The van der Waals surface area contributed by atoms with Crippen molar-refractivity contribution < 1.29 is 9.21 Å². The number of rotatable bonds is 7. The number of benzene rings is 1. The molecule has 1 aliphatic rings. The Bertz CT molecular complexity index is 659. The molecule has 1 saturated carbocycles. The number of hydrogen-bond acceptors (Lipinski definition) is 4. The van der Waals surface area contributed by atoms with Crippen molar-refractivity contribution >= 4 is 5.91 Å². The summed E-state index contributed by atoms with van der Waals surface area (Å²) in [5.41, 5.74) is 2.91. The van der Waals surface area contributed by atoms with Crippen molar-refractivity contribution in [2.45, 2.75) is 45.8 Å². The number of aromatic nitrogens is 1. The molecule has 1 heterocycles. The fourth-order valence-corrected chi connectivity index (χ4v) is 2.59. The standard InChI is InChI=1S/C18H23N3O2/c1-3-19-18(22)16-12-23-17(20-16)11-21(15-8-9-15)10-14-6-4-13(2)5-7-14/h4-7,12,15H,3,8-11H2,1-2H3,(H,19,22). The molecule has 1 aromatic heterocycles. The van der Waals surface area contributed by atoms with E-state index in [1.54, 1.807) is 0 Å². The van der Waals surface area contributed by atoms with Gasteiger partial charge in [-0.1, -0.05) is 29.8 Å². The van der Waals surface area contributed by atoms with E-state index in [9.17, 15) is 4.79 Å². The number of carbonyl (C=O) groups is 1. The van der Waals surface area contributed by atoms with Crippen LogP contribution in [0.2, 0.25) is 0 Å². The van der Waals surface area contributed by atoms with Gasteiger partial charge in [-0.2, -0.15) is 0 Å². The number of hydrogen-bond donors (Lipinski definition) is 1. The molecule has 1 aromatic carbocycles. The van der Waals surface area contributed by atoms with Crippen molar-refractivity contribution in [3.05, 3.63) is 53.2 Å². The van der Waals surface area contributed by atoms with Crippen LogP contribution in [0.4, 0.5) is 0 Å². The van der Waals surface area contributed by atoms with Gasteiger partial charge in [-0.3, -0.25) is 9.69 Å². The summed E-state index contributed by atoms with van der Waals surface area (Å²) in [6, 6.07) is 9.20. The first kappa shape index (κ1) is 15.7. The maximum atomic E-state index is 11.8. The summed E-state index contributed by atoms with van der Waals surface area (Å²) in [4.78, 5) is 18.5. The van der Waals surface area contributed by atoms with Gasteiger partial charge in [0.05, 0.1) is 6.54 Å². The van der Waals surface area contributed by atoms with Crippen LogP contribution in [-0.2, 0) is 13.1 Å². The molecule has 0 bridgehead atoms. The molecule has 5 nitrogen and oxygen atoms in total. The topological polar surface area (TPSA) is 58.4 Å². The Morgan fingerprint density at radius 1 is 1.30 bits per heavy atom. The lowest BCUT2D eigenvalue weighted by Crippen LogP contribution is -2.26. The Labute approximate surface area is 136 Å². The Kier molecular flexibility index (Phi) is 4.76. The Morgan fingerprint density at radius 2 is 2.04 bits per heavy atom. The fourth-order valence-electron chi connectivity index (χ4n) is 2.59. The first-order valence-electron chi connectivity index (χ1n) is 8.18. The van der Waals surface area contributed by atoms with Crippen LogP contribution >= 0.6 is 0 Å². The second-order valence-corrected chi connectivity index (χ2v) is 6.11. The number of amides is 1. The molecule has 0 saturated heterocycles. The average molecular weight is 313 g/mol. The molecule has 0 unspecified atom stereocenters. The van der Waals surface area contributed by atoms with Gasteiger partial charge >= 0.3 is 0 Å². The molecular formula is C18H23N3O2. The molecule has 3 rings (SSSR count). The van der Waals surface area contributed by atoms with Gasteiger partial charge in [0.25, 0.3) is 5.91 Å². The summed E-state index contributed by atoms with van der Waals surface area (Å²) < 4.78 is 5.48. The van der Waals surface area contributed by atoms with Crippen molar-refractivity contribution in [2.24, 2.45) is 0 Å². The number of carbonyl (C=O) groups excluding carboxylic acids is 1. The fraction of sp³-hybridized carbons (Fsp3) is 0.444. The third kappa shape index (κ3) is 4.20. The summed E-state index contributed by atoms with van der Waals surface area (Å²) in [6.07, 6.45) is 3.88. The molecule has 0 spiro atoms. The Hall–Kier alpha value is -2.14. The largest absolute Gasteiger partial charge is 0.447 e. The van der Waals surface area contributed by atoms with E-state index in [2.05, 4.69) is 46.4 Å². The first-order chi connectivity index (χ1) is 11.2. The molecule has 1 amide bonds. The van der Waals surface area contributed by atoms with Crippen LogP contribution < -0.4 is 5.32 Å². The molecule has 1 aliphatic carbocycles. The predicted octanol–water partition coefficient (Wildman–Crippen LogP) is 2.90. The third-order valence-electron chi connectivity index (χ3n) is 4.03. The third-order valence-corrected chi connectivity index (χ3v) is 4.03. The zero-order valence-corrected chi connectivity index (χ0v) is 13.7. The van der Waals surface area contributed by atoms with Gasteiger partial charge in [0.1, 0.15) is 6.26 Å². The van der Waals surface area contributed by atoms with E-state index in [1.807, 2.05) is 6.92 Å². The summed E-state index contributed by atoms with van der Waals surface area (Å²) in [5, 5.41) is 2.73. The highest BCUT2D eigenvalue weighted by Crippen LogP contribution is 2.29. The predicted molar refractivity (Wildman–Crippen MR) is 88.0 cm³/mol. The number of nitrogens with zero attached hydrogens (tertiary/aromatic N) is 2. The van der Waals surface area contributed by atoms with Crippen LogP contribution in [0.1, 0.15) is 47.3 Å². The van der Waals surface area contributed by atoms with Gasteiger partial charge in [0, 0.05) is 19.1 Å². The van der Waals surface area contributed by atoms with E-state index in [-0.39, 0.29) is 5.91 Å². The van der Waals surface area contributed by atoms with E-state index >= 15 is 0 Å². The average Bonchev–Trinajstić information content (AvgIpc) is 3.28. The van der Waals surface area contributed by atoms with Crippen molar-refractivity contribution in [1.82, 2.24) is 15.2 Å². The van der Waals surface area contributed by atoms with E-state index in [0.717, 1.165) is 6.54 Å². The van der Waals surface area contributed by atoms with E-state index in [4.69, 9.17) is 4.42 Å². The minimum absolute atomic E-state index is 0.181. The second-order valence-electron chi connectivity index (χ2n) is 6.11. The van der Waals surface area contributed by atoms with Crippen molar-refractivity contribution in [3.63, 3.8) is 0 Å². The zero-order chi connectivity index (χ0) is 16.2. The lowest BCUT2D eigenvalue weighted by atomic mass is 10.1. The minimum atomic E-state index is -0.181. The second kappa shape index (κ2) is 6.96. The molecule has 0 radical (unpaired) electrons.